The lowest BCUT2D eigenvalue weighted by Crippen LogP contribution is -2.23. The average molecular weight is 421 g/mol. The van der Waals surface area contributed by atoms with Crippen molar-refractivity contribution in [3.63, 3.8) is 0 Å². The number of hydrogen-bond acceptors (Lipinski definition) is 2. The van der Waals surface area contributed by atoms with Crippen LogP contribution in [-0.2, 0) is 0 Å². The second kappa shape index (κ2) is 11.2. The highest BCUT2D eigenvalue weighted by Crippen LogP contribution is 2.13. The molecule has 1 aromatic rings. The second-order valence-corrected chi connectivity index (χ2v) is 6.66. The Labute approximate surface area is 150 Å². The Bertz CT molecular complexity index is 447. The summed E-state index contributed by atoms with van der Waals surface area (Å²) in [5.41, 5.74) is 9.43. The van der Waals surface area contributed by atoms with Crippen LogP contribution in [0.25, 0.3) is 0 Å². The van der Waals surface area contributed by atoms with Gasteiger partial charge in [0.1, 0.15) is 0 Å². The van der Waals surface area contributed by atoms with Crippen molar-refractivity contribution in [2.24, 2.45) is 16.6 Å². The Hall–Kier alpha value is -0.430. The van der Waals surface area contributed by atoms with Crippen LogP contribution < -0.4 is 11.1 Å². The fourth-order valence-electron chi connectivity index (χ4n) is 1.69. The number of nitrogens with two attached hydrogens (primary N) is 1. The number of rotatable bonds is 7. The molecule has 0 aliphatic heterocycles. The number of halogens is 1. The topological polar surface area (TPSA) is 50.4 Å². The molecule has 0 amide bonds. The van der Waals surface area contributed by atoms with Crippen molar-refractivity contribution in [1.82, 2.24) is 0 Å². The highest BCUT2D eigenvalue weighted by Gasteiger charge is 1.98. The minimum absolute atomic E-state index is 0. The van der Waals surface area contributed by atoms with Gasteiger partial charge >= 0.3 is 0 Å². The Balaban J connectivity index is 0.00000400. The van der Waals surface area contributed by atoms with Gasteiger partial charge in [-0.25, -0.2) is 0 Å². The number of guanidine groups is 1. The van der Waals surface area contributed by atoms with Crippen LogP contribution in [0.2, 0.25) is 0 Å². The molecule has 3 N–H and O–H groups in total. The van der Waals surface area contributed by atoms with Gasteiger partial charge in [-0.3, -0.25) is 4.99 Å². The van der Waals surface area contributed by atoms with Gasteiger partial charge in [0.25, 0.3) is 0 Å². The molecule has 0 radical (unpaired) electrons. The SMILES string of the molecule is Cc1ccc(NC(N)=NCCCSCC(C)C)cc1C.I. The average Bonchev–Trinajstić information content (AvgIpc) is 2.38. The van der Waals surface area contributed by atoms with Crippen molar-refractivity contribution in [3.8, 4) is 0 Å². The molecule has 1 aromatic carbocycles. The molecule has 3 nitrogen and oxygen atoms in total. The van der Waals surface area contributed by atoms with Gasteiger partial charge in [-0.1, -0.05) is 19.9 Å². The Kier molecular flexibility index (Phi) is 11.0. The van der Waals surface area contributed by atoms with E-state index in [9.17, 15) is 0 Å². The quantitative estimate of drug-likeness (QED) is 0.297. The van der Waals surface area contributed by atoms with Gasteiger partial charge in [-0.15, -0.1) is 24.0 Å². The van der Waals surface area contributed by atoms with E-state index in [0.717, 1.165) is 30.3 Å². The number of nitrogens with zero attached hydrogens (tertiary/aromatic N) is 1. The number of aryl methyl sites for hydroxylation is 2. The lowest BCUT2D eigenvalue weighted by Gasteiger charge is -2.08. The van der Waals surface area contributed by atoms with Gasteiger partial charge in [0.2, 0.25) is 0 Å². The van der Waals surface area contributed by atoms with Crippen molar-refractivity contribution >= 4 is 47.4 Å². The predicted molar refractivity (Wildman–Crippen MR) is 108 cm³/mol. The molecule has 0 fully saturated rings. The molecule has 0 unspecified atom stereocenters. The van der Waals surface area contributed by atoms with Crippen LogP contribution in [-0.4, -0.2) is 24.0 Å². The highest BCUT2D eigenvalue weighted by atomic mass is 127. The maximum absolute atomic E-state index is 5.89. The van der Waals surface area contributed by atoms with E-state index >= 15 is 0 Å². The normalized spacial score (nSPS) is 11.4. The highest BCUT2D eigenvalue weighted by molar-refractivity contribution is 14.0. The third kappa shape index (κ3) is 9.24. The molecule has 0 bridgehead atoms. The van der Waals surface area contributed by atoms with E-state index in [4.69, 9.17) is 5.73 Å². The van der Waals surface area contributed by atoms with E-state index in [1.54, 1.807) is 0 Å². The summed E-state index contributed by atoms with van der Waals surface area (Å²) >= 11 is 1.99. The smallest absolute Gasteiger partial charge is 0.193 e. The molecule has 0 aromatic heterocycles. The lowest BCUT2D eigenvalue weighted by atomic mass is 10.1. The van der Waals surface area contributed by atoms with Gasteiger partial charge in [-0.05, 0) is 61.0 Å². The largest absolute Gasteiger partial charge is 0.370 e. The Morgan fingerprint density at radius 1 is 1.29 bits per heavy atom. The molecule has 0 saturated heterocycles. The van der Waals surface area contributed by atoms with Crippen molar-refractivity contribution in [2.75, 3.05) is 23.4 Å². The van der Waals surface area contributed by atoms with Crippen molar-refractivity contribution in [3.05, 3.63) is 29.3 Å². The molecule has 5 heteroatoms. The van der Waals surface area contributed by atoms with E-state index in [-0.39, 0.29) is 24.0 Å². The summed E-state index contributed by atoms with van der Waals surface area (Å²) < 4.78 is 0. The number of thioether (sulfide) groups is 1. The van der Waals surface area contributed by atoms with Crippen molar-refractivity contribution in [1.29, 1.82) is 0 Å². The zero-order valence-corrected chi connectivity index (χ0v) is 16.6. The summed E-state index contributed by atoms with van der Waals surface area (Å²) in [7, 11) is 0. The minimum Gasteiger partial charge on any atom is -0.370 e. The fourth-order valence-corrected chi connectivity index (χ4v) is 2.66. The standard InChI is InChI=1S/C16H27N3S.HI/c1-12(2)11-20-9-5-8-18-16(17)19-15-7-6-13(3)14(4)10-15;/h6-7,10,12H,5,8-9,11H2,1-4H3,(H3,17,18,19);1H. The van der Waals surface area contributed by atoms with Crippen LogP contribution in [0.15, 0.2) is 23.2 Å². The molecule has 0 saturated carbocycles. The molecule has 0 spiro atoms. The van der Waals surface area contributed by atoms with Gasteiger partial charge in [-0.2, -0.15) is 11.8 Å². The molecule has 21 heavy (non-hydrogen) atoms. The monoisotopic (exact) mass is 421 g/mol. The zero-order chi connectivity index (χ0) is 15.0. The van der Waals surface area contributed by atoms with Crippen molar-refractivity contribution in [2.45, 2.75) is 34.1 Å². The molecule has 120 valence electrons. The van der Waals surface area contributed by atoms with Crippen LogP contribution in [0, 0.1) is 19.8 Å². The first-order valence-electron chi connectivity index (χ1n) is 7.21. The fraction of sp³-hybridized carbons (Fsp3) is 0.562. The maximum atomic E-state index is 5.89. The van der Waals surface area contributed by atoms with Gasteiger partial charge in [0.15, 0.2) is 5.96 Å². The first kappa shape index (κ1) is 20.6. The van der Waals surface area contributed by atoms with Crippen LogP contribution >= 0.6 is 35.7 Å². The third-order valence-electron chi connectivity index (χ3n) is 2.96. The number of aliphatic imine (C=N–C) groups is 1. The van der Waals surface area contributed by atoms with E-state index in [1.165, 1.54) is 16.9 Å². The van der Waals surface area contributed by atoms with E-state index < -0.39 is 0 Å². The van der Waals surface area contributed by atoms with E-state index in [0.29, 0.717) is 5.96 Å². The first-order chi connectivity index (χ1) is 9.49. The molecule has 1 rings (SSSR count). The molecular weight excluding hydrogens is 393 g/mol. The maximum Gasteiger partial charge on any atom is 0.193 e. The summed E-state index contributed by atoms with van der Waals surface area (Å²) in [6, 6.07) is 6.22. The summed E-state index contributed by atoms with van der Waals surface area (Å²) in [6.45, 7) is 9.48. The van der Waals surface area contributed by atoms with Gasteiger partial charge < -0.3 is 11.1 Å². The first-order valence-corrected chi connectivity index (χ1v) is 8.36. The predicted octanol–water partition coefficient (Wildman–Crippen LogP) is 4.43. The van der Waals surface area contributed by atoms with Crippen LogP contribution in [0.4, 0.5) is 5.69 Å². The third-order valence-corrected chi connectivity index (χ3v) is 4.44. The summed E-state index contributed by atoms with van der Waals surface area (Å²) in [4.78, 5) is 4.36. The van der Waals surface area contributed by atoms with Gasteiger partial charge in [0, 0.05) is 12.2 Å². The number of nitrogens with one attached hydrogen (secondary N) is 1. The Morgan fingerprint density at radius 3 is 2.62 bits per heavy atom. The van der Waals surface area contributed by atoms with E-state index in [1.807, 2.05) is 17.8 Å². The molecule has 0 atom stereocenters. The molecule has 0 heterocycles. The molecular formula is C16H28IN3S. The van der Waals surface area contributed by atoms with Crippen molar-refractivity contribution < 1.29 is 0 Å². The second-order valence-electron chi connectivity index (χ2n) is 5.51. The number of hydrogen-bond donors (Lipinski definition) is 2. The van der Waals surface area contributed by atoms with Crippen LogP contribution in [0.1, 0.15) is 31.4 Å². The molecule has 0 aliphatic rings. The number of benzene rings is 1. The van der Waals surface area contributed by atoms with Crippen LogP contribution in [0.3, 0.4) is 0 Å². The summed E-state index contributed by atoms with van der Waals surface area (Å²) in [5.74, 6) is 3.64. The lowest BCUT2D eigenvalue weighted by molar-refractivity contribution is 0.749. The van der Waals surface area contributed by atoms with Gasteiger partial charge in [0.05, 0.1) is 0 Å². The zero-order valence-electron chi connectivity index (χ0n) is 13.5. The molecule has 0 aliphatic carbocycles. The van der Waals surface area contributed by atoms with Crippen LogP contribution in [0.5, 0.6) is 0 Å². The minimum atomic E-state index is 0. The Morgan fingerprint density at radius 2 is 2.00 bits per heavy atom. The summed E-state index contributed by atoms with van der Waals surface area (Å²) in [5, 5.41) is 3.14. The summed E-state index contributed by atoms with van der Waals surface area (Å²) in [6.07, 6.45) is 1.08. The van der Waals surface area contributed by atoms with E-state index in [2.05, 4.69) is 50.1 Å². The number of anilines is 1.